The van der Waals surface area contributed by atoms with E-state index in [1.165, 1.54) is 31.4 Å². The number of anilines is 1. The monoisotopic (exact) mass is 455 g/mol. The minimum atomic E-state index is -0.664. The van der Waals surface area contributed by atoms with Crippen molar-refractivity contribution in [3.05, 3.63) is 57.6 Å². The molecule has 0 aliphatic carbocycles. The summed E-state index contributed by atoms with van der Waals surface area (Å²) in [7, 11) is 1.29. The number of hydrogen-bond acceptors (Lipinski definition) is 6. The van der Waals surface area contributed by atoms with E-state index in [1.54, 1.807) is 24.3 Å². The number of amides is 1. The van der Waals surface area contributed by atoms with Crippen molar-refractivity contribution in [2.75, 3.05) is 19.0 Å². The lowest BCUT2D eigenvalue weighted by Crippen LogP contribution is -2.20. The van der Waals surface area contributed by atoms with E-state index in [2.05, 4.69) is 10.1 Å². The first-order valence-electron chi connectivity index (χ1n) is 7.06. The van der Waals surface area contributed by atoms with E-state index in [1.807, 2.05) is 22.6 Å². The lowest BCUT2D eigenvalue weighted by atomic mass is 10.2. The second kappa shape index (κ2) is 9.02. The van der Waals surface area contributed by atoms with Gasteiger partial charge in [-0.15, -0.1) is 0 Å². The lowest BCUT2D eigenvalue weighted by molar-refractivity contribution is -0.142. The molecule has 0 bridgehead atoms. The average molecular weight is 455 g/mol. The highest BCUT2D eigenvalue weighted by Crippen LogP contribution is 2.12. The van der Waals surface area contributed by atoms with E-state index in [0.717, 1.165) is 0 Å². The van der Waals surface area contributed by atoms with E-state index in [9.17, 15) is 14.4 Å². The third-order valence-electron chi connectivity index (χ3n) is 2.91. The highest BCUT2D eigenvalue weighted by molar-refractivity contribution is 14.1. The number of nitrogens with one attached hydrogen (secondary N) is 1. The number of benzene rings is 1. The molecule has 0 saturated heterocycles. The van der Waals surface area contributed by atoms with Gasteiger partial charge in [0.2, 0.25) is 0 Å². The summed E-state index contributed by atoms with van der Waals surface area (Å²) in [5.74, 6) is -1.12. The molecule has 130 valence electrons. The van der Waals surface area contributed by atoms with Gasteiger partial charge in [-0.3, -0.25) is 4.79 Å². The topological polar surface area (TPSA) is 94.8 Å². The zero-order valence-corrected chi connectivity index (χ0v) is 15.3. The van der Waals surface area contributed by atoms with Gasteiger partial charge in [-0.25, -0.2) is 9.59 Å². The molecular formula is C17H14INO6. The van der Waals surface area contributed by atoms with Crippen LogP contribution in [0, 0.1) is 3.77 Å². The molecule has 7 nitrogen and oxygen atoms in total. The quantitative estimate of drug-likeness (QED) is 0.409. The molecule has 0 unspecified atom stereocenters. The van der Waals surface area contributed by atoms with Crippen LogP contribution >= 0.6 is 22.6 Å². The zero-order chi connectivity index (χ0) is 18.2. The molecular weight excluding hydrogens is 441 g/mol. The molecule has 1 heterocycles. The minimum Gasteiger partial charge on any atom is -0.465 e. The van der Waals surface area contributed by atoms with E-state index in [-0.39, 0.29) is 0 Å². The Morgan fingerprint density at radius 1 is 1.16 bits per heavy atom. The molecule has 1 amide bonds. The number of methoxy groups -OCH3 is 1. The fourth-order valence-corrected chi connectivity index (χ4v) is 2.19. The highest BCUT2D eigenvalue weighted by atomic mass is 127. The third kappa shape index (κ3) is 6.07. The van der Waals surface area contributed by atoms with Gasteiger partial charge in [-0.2, -0.15) is 0 Å². The molecule has 0 saturated carbocycles. The molecule has 1 aromatic heterocycles. The average Bonchev–Trinajstić information content (AvgIpc) is 3.03. The van der Waals surface area contributed by atoms with Crippen LogP contribution in [0.25, 0.3) is 6.08 Å². The van der Waals surface area contributed by atoms with Gasteiger partial charge in [0.05, 0.1) is 12.7 Å². The first-order chi connectivity index (χ1) is 12.0. The van der Waals surface area contributed by atoms with Gasteiger partial charge in [0, 0.05) is 11.8 Å². The normalized spacial score (nSPS) is 10.5. The van der Waals surface area contributed by atoms with Crippen LogP contribution in [0.5, 0.6) is 0 Å². The van der Waals surface area contributed by atoms with Crippen LogP contribution in [0.3, 0.4) is 0 Å². The number of furan rings is 1. The number of hydrogen-bond donors (Lipinski definition) is 1. The fourth-order valence-electron chi connectivity index (χ4n) is 1.76. The molecule has 0 fully saturated rings. The summed E-state index contributed by atoms with van der Waals surface area (Å²) in [4.78, 5) is 34.6. The van der Waals surface area contributed by atoms with Crippen molar-refractivity contribution >= 4 is 52.2 Å². The van der Waals surface area contributed by atoms with Crippen LogP contribution in [-0.2, 0) is 19.1 Å². The molecule has 1 aromatic carbocycles. The van der Waals surface area contributed by atoms with Crippen molar-refractivity contribution in [2.45, 2.75) is 0 Å². The maximum atomic E-state index is 11.7. The molecule has 25 heavy (non-hydrogen) atoms. The van der Waals surface area contributed by atoms with Crippen molar-refractivity contribution in [3.63, 3.8) is 0 Å². The third-order valence-corrected chi connectivity index (χ3v) is 3.49. The predicted octanol–water partition coefficient (Wildman–Crippen LogP) is 2.87. The second-order valence-electron chi connectivity index (χ2n) is 4.70. The fraction of sp³-hybridized carbons (Fsp3) is 0.118. The lowest BCUT2D eigenvalue weighted by Gasteiger charge is -2.06. The van der Waals surface area contributed by atoms with E-state index in [4.69, 9.17) is 9.15 Å². The van der Waals surface area contributed by atoms with Crippen molar-refractivity contribution in [1.29, 1.82) is 0 Å². The van der Waals surface area contributed by atoms with Gasteiger partial charge in [-0.05, 0) is 65.1 Å². The van der Waals surface area contributed by atoms with Gasteiger partial charge < -0.3 is 19.2 Å². The predicted molar refractivity (Wildman–Crippen MR) is 97.8 cm³/mol. The Morgan fingerprint density at radius 2 is 1.88 bits per heavy atom. The Kier molecular flexibility index (Phi) is 6.75. The maximum absolute atomic E-state index is 11.7. The van der Waals surface area contributed by atoms with Gasteiger partial charge >= 0.3 is 11.9 Å². The molecule has 0 radical (unpaired) electrons. The first-order valence-corrected chi connectivity index (χ1v) is 8.14. The van der Waals surface area contributed by atoms with Crippen molar-refractivity contribution in [3.8, 4) is 0 Å². The SMILES string of the molecule is COC(=O)c1ccc(NC(=O)COC(=O)/C=C/c2ccc(I)o2)cc1. The van der Waals surface area contributed by atoms with Gasteiger partial charge in [-0.1, -0.05) is 0 Å². The minimum absolute atomic E-state index is 0.365. The second-order valence-corrected chi connectivity index (χ2v) is 5.76. The summed E-state index contributed by atoms with van der Waals surface area (Å²) < 4.78 is 15.4. The summed E-state index contributed by atoms with van der Waals surface area (Å²) >= 11 is 2.01. The number of ether oxygens (including phenoxy) is 2. The number of esters is 2. The number of halogens is 1. The van der Waals surface area contributed by atoms with Crippen molar-refractivity contribution < 1.29 is 28.3 Å². The van der Waals surface area contributed by atoms with Crippen LogP contribution in [0.2, 0.25) is 0 Å². The molecule has 1 N–H and O–H groups in total. The Hall–Kier alpha value is -2.62. The molecule has 0 atom stereocenters. The van der Waals surface area contributed by atoms with E-state index >= 15 is 0 Å². The summed E-state index contributed by atoms with van der Waals surface area (Å²) in [6, 6.07) is 9.58. The molecule has 0 spiro atoms. The highest BCUT2D eigenvalue weighted by Gasteiger charge is 2.08. The van der Waals surface area contributed by atoms with Gasteiger partial charge in [0.25, 0.3) is 5.91 Å². The van der Waals surface area contributed by atoms with Crippen LogP contribution in [-0.4, -0.2) is 31.6 Å². The van der Waals surface area contributed by atoms with Crippen LogP contribution in [0.15, 0.2) is 46.9 Å². The Labute approximate surface area is 157 Å². The zero-order valence-electron chi connectivity index (χ0n) is 13.2. The number of rotatable bonds is 6. The summed E-state index contributed by atoms with van der Waals surface area (Å²) in [5, 5.41) is 2.55. The molecule has 2 rings (SSSR count). The maximum Gasteiger partial charge on any atom is 0.337 e. The number of carbonyl (C=O) groups is 3. The van der Waals surface area contributed by atoms with Gasteiger partial charge in [0.1, 0.15) is 5.76 Å². The van der Waals surface area contributed by atoms with Crippen molar-refractivity contribution in [2.24, 2.45) is 0 Å². The standard InChI is InChI=1S/C17H14INO6/c1-23-17(22)11-2-4-12(5-3-11)19-15(20)10-24-16(21)9-7-13-6-8-14(18)25-13/h2-9H,10H2,1H3,(H,19,20)/b9-7+. The molecule has 2 aromatic rings. The van der Waals surface area contributed by atoms with Crippen LogP contribution in [0.1, 0.15) is 16.1 Å². The largest absolute Gasteiger partial charge is 0.465 e. The van der Waals surface area contributed by atoms with E-state index in [0.29, 0.717) is 20.8 Å². The Bertz CT molecular complexity index is 794. The van der Waals surface area contributed by atoms with Crippen LogP contribution in [0.4, 0.5) is 5.69 Å². The Balaban J connectivity index is 1.79. The number of carbonyl (C=O) groups excluding carboxylic acids is 3. The Morgan fingerprint density at radius 3 is 2.48 bits per heavy atom. The molecule has 8 heteroatoms. The molecule has 0 aliphatic heterocycles. The summed E-state index contributed by atoms with van der Waals surface area (Å²) in [5.41, 5.74) is 0.832. The summed E-state index contributed by atoms with van der Waals surface area (Å²) in [6.45, 7) is -0.433. The molecule has 0 aliphatic rings. The smallest absolute Gasteiger partial charge is 0.337 e. The van der Waals surface area contributed by atoms with Crippen LogP contribution < -0.4 is 5.32 Å². The van der Waals surface area contributed by atoms with Gasteiger partial charge in [0.15, 0.2) is 10.4 Å². The first kappa shape index (κ1) is 18.7. The summed E-state index contributed by atoms with van der Waals surface area (Å²) in [6.07, 6.45) is 2.63. The van der Waals surface area contributed by atoms with E-state index < -0.39 is 24.5 Å². The van der Waals surface area contributed by atoms with Crippen molar-refractivity contribution in [1.82, 2.24) is 0 Å².